The standard InChI is InChI=1S/C14H15BrF2N2O2S/c1-9-6-14(21,13(16)17)19(18-9)12(20)8-22-7-10-2-4-11(15)5-3-10/h2-5,13,21H,6-8H2,1H3. The number of aliphatic hydroxyl groups is 1. The van der Waals surface area contributed by atoms with E-state index in [0.717, 1.165) is 10.0 Å². The smallest absolute Gasteiger partial charge is 0.287 e. The summed E-state index contributed by atoms with van der Waals surface area (Å²) >= 11 is 4.62. The zero-order valence-electron chi connectivity index (χ0n) is 11.8. The van der Waals surface area contributed by atoms with Gasteiger partial charge < -0.3 is 5.11 Å². The van der Waals surface area contributed by atoms with E-state index in [1.54, 1.807) is 0 Å². The van der Waals surface area contributed by atoms with Crippen molar-refractivity contribution in [1.82, 2.24) is 5.01 Å². The molecule has 0 fully saturated rings. The maximum atomic E-state index is 13.0. The zero-order valence-corrected chi connectivity index (χ0v) is 14.2. The molecule has 0 aliphatic carbocycles. The number of hydrogen-bond acceptors (Lipinski definition) is 4. The summed E-state index contributed by atoms with van der Waals surface area (Å²) in [5.74, 6) is -0.0772. The van der Waals surface area contributed by atoms with Crippen molar-refractivity contribution in [2.75, 3.05) is 5.75 Å². The van der Waals surface area contributed by atoms with Crippen LogP contribution < -0.4 is 0 Å². The molecule has 1 heterocycles. The van der Waals surface area contributed by atoms with Crippen molar-refractivity contribution in [3.8, 4) is 0 Å². The van der Waals surface area contributed by atoms with E-state index in [4.69, 9.17) is 0 Å². The van der Waals surface area contributed by atoms with Crippen molar-refractivity contribution in [3.05, 3.63) is 34.3 Å². The van der Waals surface area contributed by atoms with Crippen LogP contribution in [0.4, 0.5) is 8.78 Å². The van der Waals surface area contributed by atoms with Gasteiger partial charge in [0.15, 0.2) is 0 Å². The van der Waals surface area contributed by atoms with Crippen LogP contribution in [0.2, 0.25) is 0 Å². The molecular formula is C14H15BrF2N2O2S. The molecule has 1 N–H and O–H groups in total. The number of benzene rings is 1. The van der Waals surface area contributed by atoms with Crippen molar-refractivity contribution >= 4 is 39.3 Å². The number of alkyl halides is 2. The molecule has 120 valence electrons. The molecule has 1 amide bonds. The first-order valence-electron chi connectivity index (χ1n) is 6.53. The van der Waals surface area contributed by atoms with Crippen molar-refractivity contribution < 1.29 is 18.7 Å². The van der Waals surface area contributed by atoms with Crippen LogP contribution in [0, 0.1) is 0 Å². The Hall–Kier alpha value is -0.990. The lowest BCUT2D eigenvalue weighted by Gasteiger charge is -2.29. The van der Waals surface area contributed by atoms with E-state index in [9.17, 15) is 18.7 Å². The lowest BCUT2D eigenvalue weighted by Crippen LogP contribution is -2.52. The SMILES string of the molecule is CC1=NN(C(=O)CSCc2ccc(Br)cc2)C(O)(C(F)F)C1. The number of hydrazone groups is 1. The van der Waals surface area contributed by atoms with E-state index in [-0.39, 0.29) is 12.2 Å². The molecule has 4 nitrogen and oxygen atoms in total. The predicted molar refractivity (Wildman–Crippen MR) is 85.8 cm³/mol. The van der Waals surface area contributed by atoms with Gasteiger partial charge in [-0.1, -0.05) is 28.1 Å². The second kappa shape index (κ2) is 7.06. The molecule has 1 aromatic rings. The van der Waals surface area contributed by atoms with Crippen molar-refractivity contribution in [2.24, 2.45) is 5.10 Å². The minimum atomic E-state index is -3.06. The van der Waals surface area contributed by atoms with Crippen LogP contribution in [0.1, 0.15) is 18.9 Å². The highest BCUT2D eigenvalue weighted by molar-refractivity contribution is 9.10. The van der Waals surface area contributed by atoms with Crippen LogP contribution in [0.15, 0.2) is 33.8 Å². The van der Waals surface area contributed by atoms with Gasteiger partial charge in [-0.3, -0.25) is 4.79 Å². The monoisotopic (exact) mass is 392 g/mol. The molecule has 1 aromatic carbocycles. The average Bonchev–Trinajstić information content (AvgIpc) is 2.77. The topological polar surface area (TPSA) is 52.9 Å². The van der Waals surface area contributed by atoms with Crippen LogP contribution in [0.25, 0.3) is 0 Å². The van der Waals surface area contributed by atoms with Crippen molar-refractivity contribution in [3.63, 3.8) is 0 Å². The largest absolute Gasteiger partial charge is 0.364 e. The van der Waals surface area contributed by atoms with Gasteiger partial charge in [0.25, 0.3) is 12.3 Å². The zero-order chi connectivity index (χ0) is 16.3. The molecule has 0 radical (unpaired) electrons. The van der Waals surface area contributed by atoms with Crippen LogP contribution in [-0.4, -0.2) is 39.6 Å². The van der Waals surface area contributed by atoms with E-state index in [2.05, 4.69) is 21.0 Å². The van der Waals surface area contributed by atoms with Gasteiger partial charge in [-0.2, -0.15) is 10.1 Å². The lowest BCUT2D eigenvalue weighted by atomic mass is 10.1. The first-order valence-corrected chi connectivity index (χ1v) is 8.47. The van der Waals surface area contributed by atoms with Crippen LogP contribution in [-0.2, 0) is 10.5 Å². The van der Waals surface area contributed by atoms with Crippen molar-refractivity contribution in [2.45, 2.75) is 31.2 Å². The van der Waals surface area contributed by atoms with Gasteiger partial charge in [0.1, 0.15) is 0 Å². The molecule has 0 aromatic heterocycles. The molecule has 22 heavy (non-hydrogen) atoms. The summed E-state index contributed by atoms with van der Waals surface area (Å²) in [6.45, 7) is 1.51. The summed E-state index contributed by atoms with van der Waals surface area (Å²) in [6.07, 6.45) is -3.39. The maximum Gasteiger partial charge on any atom is 0.287 e. The summed E-state index contributed by atoms with van der Waals surface area (Å²) in [6, 6.07) is 7.60. The average molecular weight is 393 g/mol. The molecule has 0 bridgehead atoms. The van der Waals surface area contributed by atoms with Gasteiger partial charge in [-0.25, -0.2) is 8.78 Å². The van der Waals surface area contributed by atoms with E-state index >= 15 is 0 Å². The molecule has 1 atom stereocenters. The normalized spacial score (nSPS) is 21.4. The Bertz CT molecular complexity index is 583. The fourth-order valence-electron chi connectivity index (χ4n) is 2.08. The third kappa shape index (κ3) is 3.85. The highest BCUT2D eigenvalue weighted by Crippen LogP contribution is 2.32. The summed E-state index contributed by atoms with van der Waals surface area (Å²) in [4.78, 5) is 12.1. The second-order valence-corrected chi connectivity index (χ2v) is 6.92. The number of halogens is 3. The highest BCUT2D eigenvalue weighted by atomic mass is 79.9. The summed E-state index contributed by atoms with van der Waals surface area (Å²) in [5, 5.41) is 14.2. The highest BCUT2D eigenvalue weighted by Gasteiger charge is 2.50. The van der Waals surface area contributed by atoms with Gasteiger partial charge in [0, 0.05) is 22.4 Å². The number of rotatable bonds is 5. The Morgan fingerprint density at radius 2 is 2.14 bits per heavy atom. The summed E-state index contributed by atoms with van der Waals surface area (Å²) in [7, 11) is 0. The van der Waals surface area contributed by atoms with E-state index < -0.39 is 18.1 Å². The quantitative estimate of drug-likeness (QED) is 0.836. The number of nitrogens with zero attached hydrogens (tertiary/aromatic N) is 2. The number of hydrogen-bond donors (Lipinski definition) is 1. The molecular weight excluding hydrogens is 378 g/mol. The van der Waals surface area contributed by atoms with Gasteiger partial charge in [0.05, 0.1) is 5.75 Å². The van der Waals surface area contributed by atoms with Gasteiger partial charge in [-0.05, 0) is 24.6 Å². The van der Waals surface area contributed by atoms with Crippen LogP contribution >= 0.6 is 27.7 Å². The Kier molecular flexibility index (Phi) is 5.57. The lowest BCUT2D eigenvalue weighted by molar-refractivity contribution is -0.190. The van der Waals surface area contributed by atoms with E-state index in [1.807, 2.05) is 24.3 Å². The molecule has 2 rings (SSSR count). The Balaban J connectivity index is 1.92. The molecule has 1 aliphatic heterocycles. The Labute approximate surface area is 139 Å². The second-order valence-electron chi connectivity index (χ2n) is 5.02. The third-order valence-corrected chi connectivity index (χ3v) is 4.66. The fourth-order valence-corrected chi connectivity index (χ4v) is 3.17. The molecule has 0 saturated carbocycles. The molecule has 0 spiro atoms. The minimum Gasteiger partial charge on any atom is -0.364 e. The van der Waals surface area contributed by atoms with Crippen LogP contribution in [0.5, 0.6) is 0 Å². The van der Waals surface area contributed by atoms with Crippen LogP contribution in [0.3, 0.4) is 0 Å². The van der Waals surface area contributed by atoms with Gasteiger partial charge in [-0.15, -0.1) is 11.8 Å². The maximum absolute atomic E-state index is 13.0. The molecule has 1 aliphatic rings. The minimum absolute atomic E-state index is 0.0259. The Morgan fingerprint density at radius 3 is 2.73 bits per heavy atom. The van der Waals surface area contributed by atoms with Crippen molar-refractivity contribution in [1.29, 1.82) is 0 Å². The number of carbonyl (C=O) groups excluding carboxylic acids is 1. The van der Waals surface area contributed by atoms with E-state index in [1.165, 1.54) is 18.7 Å². The fraction of sp³-hybridized carbons (Fsp3) is 0.429. The Morgan fingerprint density at radius 1 is 1.50 bits per heavy atom. The van der Waals surface area contributed by atoms with Gasteiger partial charge >= 0.3 is 0 Å². The first kappa shape index (κ1) is 17.4. The molecule has 1 unspecified atom stereocenters. The van der Waals surface area contributed by atoms with Gasteiger partial charge in [0.2, 0.25) is 5.72 Å². The summed E-state index contributed by atoms with van der Waals surface area (Å²) in [5.41, 5.74) is -1.18. The predicted octanol–water partition coefficient (Wildman–Crippen LogP) is 3.24. The number of thioether (sulfide) groups is 1. The van der Waals surface area contributed by atoms with E-state index in [0.29, 0.717) is 16.5 Å². The molecule has 8 heteroatoms. The number of amides is 1. The number of carbonyl (C=O) groups is 1. The summed E-state index contributed by atoms with van der Waals surface area (Å²) < 4.78 is 27.0. The molecule has 0 saturated heterocycles. The third-order valence-electron chi connectivity index (χ3n) is 3.15. The first-order chi connectivity index (χ1) is 10.3.